The lowest BCUT2D eigenvalue weighted by Gasteiger charge is -2.38. The minimum absolute atomic E-state index is 0.0252. The maximum absolute atomic E-state index is 13.6. The highest BCUT2D eigenvalue weighted by atomic mass is 19.1. The van der Waals surface area contributed by atoms with Gasteiger partial charge in [0, 0.05) is 38.0 Å². The molecule has 0 saturated carbocycles. The Morgan fingerprint density at radius 2 is 1.73 bits per heavy atom. The van der Waals surface area contributed by atoms with Gasteiger partial charge in [-0.3, -0.25) is 9.59 Å². The first-order valence-corrected chi connectivity index (χ1v) is 11.5. The van der Waals surface area contributed by atoms with Gasteiger partial charge in [-0.15, -0.1) is 0 Å². The van der Waals surface area contributed by atoms with Crippen molar-refractivity contribution in [3.8, 4) is 0 Å². The quantitative estimate of drug-likeness (QED) is 0.741. The Bertz CT molecular complexity index is 708. The van der Waals surface area contributed by atoms with Crippen LogP contribution >= 0.6 is 0 Å². The van der Waals surface area contributed by atoms with Gasteiger partial charge in [-0.05, 0) is 76.6 Å². The van der Waals surface area contributed by atoms with E-state index in [4.69, 9.17) is 0 Å². The molecule has 30 heavy (non-hydrogen) atoms. The molecule has 3 rings (SSSR count). The number of hydrogen-bond donors (Lipinski definition) is 1. The van der Waals surface area contributed by atoms with Crippen molar-refractivity contribution in [2.24, 2.45) is 11.8 Å². The fraction of sp³-hybridized carbons (Fsp3) is 0.667. The highest BCUT2D eigenvalue weighted by Gasteiger charge is 2.31. The molecule has 0 atom stereocenters. The lowest BCUT2D eigenvalue weighted by molar-refractivity contribution is -0.138. The summed E-state index contributed by atoms with van der Waals surface area (Å²) in [6.07, 6.45) is 4.68. The van der Waals surface area contributed by atoms with Crippen LogP contribution in [0.1, 0.15) is 51.5 Å². The first-order valence-electron chi connectivity index (χ1n) is 11.5. The zero-order valence-corrected chi connectivity index (χ0v) is 18.4. The molecule has 0 radical (unpaired) electrons. The van der Waals surface area contributed by atoms with E-state index in [0.717, 1.165) is 51.9 Å². The maximum atomic E-state index is 13.6. The second-order valence-electron chi connectivity index (χ2n) is 9.07. The number of benzene rings is 1. The second-order valence-corrected chi connectivity index (χ2v) is 9.07. The maximum Gasteiger partial charge on any atom is 0.225 e. The SMILES string of the molecule is CC(C)N1CCC(C(=O)N2CCC(CC(=O)NCCc3ccccc3F)CC2)CC1. The molecule has 2 amide bonds. The largest absolute Gasteiger partial charge is 0.356 e. The van der Waals surface area contributed by atoms with Gasteiger partial charge in [-0.1, -0.05) is 18.2 Å². The van der Waals surface area contributed by atoms with E-state index in [9.17, 15) is 14.0 Å². The molecule has 0 aromatic heterocycles. The van der Waals surface area contributed by atoms with Gasteiger partial charge in [0.25, 0.3) is 0 Å². The van der Waals surface area contributed by atoms with Crippen LogP contribution in [0.2, 0.25) is 0 Å². The van der Waals surface area contributed by atoms with E-state index in [1.54, 1.807) is 12.1 Å². The number of carbonyl (C=O) groups excluding carboxylic acids is 2. The fourth-order valence-electron chi connectivity index (χ4n) is 4.65. The lowest BCUT2D eigenvalue weighted by atomic mass is 9.90. The summed E-state index contributed by atoms with van der Waals surface area (Å²) in [5.74, 6) is 0.602. The van der Waals surface area contributed by atoms with Crippen molar-refractivity contribution in [2.45, 2.75) is 58.4 Å². The Kier molecular flexibility index (Phi) is 8.25. The molecule has 0 unspecified atom stereocenters. The Labute approximate surface area is 180 Å². The van der Waals surface area contributed by atoms with Crippen LogP contribution in [0.25, 0.3) is 0 Å². The number of nitrogens with zero attached hydrogens (tertiary/aromatic N) is 2. The van der Waals surface area contributed by atoms with Gasteiger partial charge < -0.3 is 15.1 Å². The second kappa shape index (κ2) is 10.9. The third-order valence-corrected chi connectivity index (χ3v) is 6.68. The van der Waals surface area contributed by atoms with Crippen LogP contribution in [-0.4, -0.2) is 60.4 Å². The first-order chi connectivity index (χ1) is 14.4. The topological polar surface area (TPSA) is 52.7 Å². The van der Waals surface area contributed by atoms with Crippen LogP contribution in [0.4, 0.5) is 4.39 Å². The zero-order chi connectivity index (χ0) is 21.5. The van der Waals surface area contributed by atoms with Crippen molar-refractivity contribution in [2.75, 3.05) is 32.7 Å². The van der Waals surface area contributed by atoms with Crippen LogP contribution in [0.3, 0.4) is 0 Å². The molecule has 1 aromatic carbocycles. The smallest absolute Gasteiger partial charge is 0.225 e. The first kappa shape index (κ1) is 22.7. The number of amides is 2. The van der Waals surface area contributed by atoms with Crippen LogP contribution in [-0.2, 0) is 16.0 Å². The van der Waals surface area contributed by atoms with Crippen LogP contribution < -0.4 is 5.32 Å². The predicted octanol–water partition coefficient (Wildman–Crippen LogP) is 3.23. The van der Waals surface area contributed by atoms with Gasteiger partial charge in [-0.2, -0.15) is 0 Å². The summed E-state index contributed by atoms with van der Waals surface area (Å²) < 4.78 is 13.6. The minimum atomic E-state index is -0.223. The minimum Gasteiger partial charge on any atom is -0.356 e. The highest BCUT2D eigenvalue weighted by molar-refractivity contribution is 5.79. The van der Waals surface area contributed by atoms with Crippen molar-refractivity contribution in [3.63, 3.8) is 0 Å². The number of nitrogens with one attached hydrogen (secondary N) is 1. The van der Waals surface area contributed by atoms with Crippen LogP contribution in [0, 0.1) is 17.7 Å². The van der Waals surface area contributed by atoms with Gasteiger partial charge in [0.1, 0.15) is 5.82 Å². The van der Waals surface area contributed by atoms with Crippen molar-refractivity contribution in [1.29, 1.82) is 0 Å². The van der Waals surface area contributed by atoms with Crippen LogP contribution in [0.5, 0.6) is 0 Å². The van der Waals surface area contributed by atoms with E-state index in [1.807, 2.05) is 11.0 Å². The Morgan fingerprint density at radius 1 is 1.07 bits per heavy atom. The van der Waals surface area contributed by atoms with Gasteiger partial charge in [0.05, 0.1) is 0 Å². The molecule has 166 valence electrons. The van der Waals surface area contributed by atoms with E-state index in [2.05, 4.69) is 24.1 Å². The molecule has 0 spiro atoms. The molecule has 6 heteroatoms. The van der Waals surface area contributed by atoms with E-state index >= 15 is 0 Å². The van der Waals surface area contributed by atoms with Gasteiger partial charge in [-0.25, -0.2) is 4.39 Å². The van der Waals surface area contributed by atoms with Gasteiger partial charge in [0.15, 0.2) is 0 Å². The fourth-order valence-corrected chi connectivity index (χ4v) is 4.65. The third-order valence-electron chi connectivity index (χ3n) is 6.68. The van der Waals surface area contributed by atoms with E-state index in [0.29, 0.717) is 42.8 Å². The molecule has 0 aliphatic carbocycles. The Hall–Kier alpha value is -1.95. The van der Waals surface area contributed by atoms with Crippen molar-refractivity contribution in [1.82, 2.24) is 15.1 Å². The highest BCUT2D eigenvalue weighted by Crippen LogP contribution is 2.25. The van der Waals surface area contributed by atoms with Gasteiger partial charge in [0.2, 0.25) is 11.8 Å². The molecule has 2 aliphatic heterocycles. The molecule has 2 fully saturated rings. The molecule has 2 heterocycles. The summed E-state index contributed by atoms with van der Waals surface area (Å²) in [5.41, 5.74) is 0.629. The van der Waals surface area contributed by atoms with E-state index in [-0.39, 0.29) is 17.6 Å². The lowest BCUT2D eigenvalue weighted by Crippen LogP contribution is -2.47. The average Bonchev–Trinajstić information content (AvgIpc) is 2.75. The molecule has 5 nitrogen and oxygen atoms in total. The summed E-state index contributed by atoms with van der Waals surface area (Å²) >= 11 is 0. The van der Waals surface area contributed by atoms with E-state index in [1.165, 1.54) is 6.07 Å². The zero-order valence-electron chi connectivity index (χ0n) is 18.4. The Balaban J connectivity index is 1.33. The number of rotatable bonds is 7. The molecular formula is C24H36FN3O2. The summed E-state index contributed by atoms with van der Waals surface area (Å²) in [5, 5.41) is 2.91. The molecule has 2 aliphatic rings. The summed E-state index contributed by atoms with van der Waals surface area (Å²) in [4.78, 5) is 29.6. The van der Waals surface area contributed by atoms with Crippen LogP contribution in [0.15, 0.2) is 24.3 Å². The average molecular weight is 418 g/mol. The van der Waals surface area contributed by atoms with Crippen molar-refractivity contribution >= 4 is 11.8 Å². The number of piperidine rings is 2. The molecule has 0 bridgehead atoms. The number of halogens is 1. The molecular weight excluding hydrogens is 381 g/mol. The number of hydrogen-bond acceptors (Lipinski definition) is 3. The number of carbonyl (C=O) groups is 2. The van der Waals surface area contributed by atoms with Crippen molar-refractivity contribution < 1.29 is 14.0 Å². The molecule has 1 N–H and O–H groups in total. The monoisotopic (exact) mass is 417 g/mol. The van der Waals surface area contributed by atoms with E-state index < -0.39 is 0 Å². The summed E-state index contributed by atoms with van der Waals surface area (Å²) in [6.45, 7) is 8.42. The normalized spacial score (nSPS) is 19.3. The molecule has 1 aromatic rings. The predicted molar refractivity (Wildman–Crippen MR) is 116 cm³/mol. The Morgan fingerprint density at radius 3 is 2.37 bits per heavy atom. The molecule has 2 saturated heterocycles. The standard InChI is InChI=1S/C24H36FN3O2/c1-18(2)27-15-10-21(11-16-27)24(30)28-13-8-19(9-14-28)17-23(29)26-12-7-20-5-3-4-6-22(20)25/h3-6,18-19,21H,7-17H2,1-2H3,(H,26,29). The van der Waals surface area contributed by atoms with Gasteiger partial charge >= 0.3 is 0 Å². The summed E-state index contributed by atoms with van der Waals surface area (Å²) in [6, 6.07) is 7.22. The number of likely N-dealkylation sites (tertiary alicyclic amines) is 2. The van der Waals surface area contributed by atoms with Crippen molar-refractivity contribution in [3.05, 3.63) is 35.6 Å². The third kappa shape index (κ3) is 6.27. The summed E-state index contributed by atoms with van der Waals surface area (Å²) in [7, 11) is 0.